The quantitative estimate of drug-likeness (QED) is 0.791. The fourth-order valence-corrected chi connectivity index (χ4v) is 2.58. The van der Waals surface area contributed by atoms with E-state index in [1.54, 1.807) is 6.20 Å². The molecule has 0 bridgehead atoms. The zero-order valence-electron chi connectivity index (χ0n) is 14.3. The van der Waals surface area contributed by atoms with Crippen molar-refractivity contribution in [3.8, 4) is 11.3 Å². The van der Waals surface area contributed by atoms with Crippen molar-refractivity contribution in [3.05, 3.63) is 42.4 Å². The number of nitrogens with one attached hydrogen (secondary N) is 1. The third-order valence-electron chi connectivity index (χ3n) is 3.93. The van der Waals surface area contributed by atoms with Crippen LogP contribution in [0.25, 0.3) is 11.3 Å². The maximum Gasteiger partial charge on any atom is 0.324 e. The van der Waals surface area contributed by atoms with Gasteiger partial charge >= 0.3 is 12.0 Å². The second-order valence-corrected chi connectivity index (χ2v) is 5.84. The first kappa shape index (κ1) is 17.7. The molecule has 8 heteroatoms. The second-order valence-electron chi connectivity index (χ2n) is 5.84. The maximum atomic E-state index is 12.1. The molecule has 2 heterocycles. The Kier molecular flexibility index (Phi) is 5.31. The number of hydrogen-bond acceptors (Lipinski definition) is 6. The van der Waals surface area contributed by atoms with Crippen LogP contribution in [0.4, 0.5) is 4.79 Å². The Morgan fingerprint density at radius 2 is 2.12 bits per heavy atom. The first-order chi connectivity index (χ1) is 12.5. The summed E-state index contributed by atoms with van der Waals surface area (Å²) < 4.78 is 10.7. The largest absolute Gasteiger partial charge is 0.453 e. The molecule has 1 N–H and O–H groups in total. The highest BCUT2D eigenvalue weighted by Crippen LogP contribution is 2.20. The maximum absolute atomic E-state index is 12.1. The van der Waals surface area contributed by atoms with E-state index in [-0.39, 0.29) is 19.4 Å². The van der Waals surface area contributed by atoms with Crippen LogP contribution in [0.2, 0.25) is 0 Å². The molecule has 0 saturated carbocycles. The number of benzene rings is 1. The van der Waals surface area contributed by atoms with Crippen LogP contribution in [0.3, 0.4) is 0 Å². The number of carbonyl (C=O) groups excluding carboxylic acids is 3. The van der Waals surface area contributed by atoms with E-state index in [0.717, 1.165) is 10.5 Å². The van der Waals surface area contributed by atoms with E-state index in [9.17, 15) is 14.4 Å². The number of oxazole rings is 1. The van der Waals surface area contributed by atoms with Crippen LogP contribution in [0.1, 0.15) is 19.2 Å². The number of ether oxygens (including phenoxy) is 1. The SMILES string of the molecule is CC(OC(=O)CCc1ncc(-c2ccccc2)o1)C(=O)N1CCNC1=O. The number of hydrogen-bond donors (Lipinski definition) is 1. The van der Waals surface area contributed by atoms with Gasteiger partial charge in [-0.1, -0.05) is 30.3 Å². The zero-order chi connectivity index (χ0) is 18.5. The molecule has 0 aliphatic carbocycles. The van der Waals surface area contributed by atoms with Gasteiger partial charge in [0, 0.05) is 25.1 Å². The van der Waals surface area contributed by atoms with Gasteiger partial charge in [-0.15, -0.1) is 0 Å². The number of amides is 3. The lowest BCUT2D eigenvalue weighted by atomic mass is 10.2. The van der Waals surface area contributed by atoms with Gasteiger partial charge in [-0.05, 0) is 6.92 Å². The molecule has 1 aromatic carbocycles. The van der Waals surface area contributed by atoms with Gasteiger partial charge in [0.1, 0.15) is 0 Å². The molecule has 2 aromatic rings. The number of esters is 1. The third-order valence-corrected chi connectivity index (χ3v) is 3.93. The monoisotopic (exact) mass is 357 g/mol. The lowest BCUT2D eigenvalue weighted by Gasteiger charge is -2.17. The Hall–Kier alpha value is -3.16. The normalized spacial score (nSPS) is 14.8. The summed E-state index contributed by atoms with van der Waals surface area (Å²) >= 11 is 0. The topological polar surface area (TPSA) is 102 Å². The van der Waals surface area contributed by atoms with Crippen molar-refractivity contribution in [2.45, 2.75) is 25.9 Å². The molecule has 0 radical (unpaired) electrons. The lowest BCUT2D eigenvalue weighted by molar-refractivity contribution is -0.157. The van der Waals surface area contributed by atoms with Crippen LogP contribution in [-0.2, 0) is 20.7 Å². The highest BCUT2D eigenvalue weighted by Gasteiger charge is 2.31. The van der Waals surface area contributed by atoms with Crippen LogP contribution >= 0.6 is 0 Å². The summed E-state index contributed by atoms with van der Waals surface area (Å²) in [5.74, 6) is -0.0444. The Morgan fingerprint density at radius 1 is 1.35 bits per heavy atom. The van der Waals surface area contributed by atoms with E-state index in [0.29, 0.717) is 18.2 Å². The molecule has 1 aliphatic heterocycles. The van der Waals surface area contributed by atoms with Gasteiger partial charge in [-0.25, -0.2) is 9.78 Å². The number of rotatable bonds is 6. The van der Waals surface area contributed by atoms with Crippen molar-refractivity contribution >= 4 is 17.9 Å². The van der Waals surface area contributed by atoms with Crippen LogP contribution in [0, 0.1) is 0 Å². The number of imide groups is 1. The van der Waals surface area contributed by atoms with Crippen molar-refractivity contribution in [1.82, 2.24) is 15.2 Å². The molecule has 1 saturated heterocycles. The molecule has 3 amide bonds. The standard InChI is InChI=1S/C18H19N3O5/c1-12(17(23)21-10-9-19-18(21)24)25-16(22)8-7-15-20-11-14(26-15)13-5-3-2-4-6-13/h2-6,11-12H,7-10H2,1H3,(H,19,24). The van der Waals surface area contributed by atoms with Crippen molar-refractivity contribution in [2.24, 2.45) is 0 Å². The van der Waals surface area contributed by atoms with E-state index in [2.05, 4.69) is 10.3 Å². The minimum atomic E-state index is -1.02. The van der Waals surface area contributed by atoms with Crippen molar-refractivity contribution in [1.29, 1.82) is 0 Å². The summed E-state index contributed by atoms with van der Waals surface area (Å²) in [6, 6.07) is 9.04. The first-order valence-electron chi connectivity index (χ1n) is 8.33. The van der Waals surface area contributed by atoms with Gasteiger partial charge in [-0.2, -0.15) is 0 Å². The van der Waals surface area contributed by atoms with E-state index in [1.165, 1.54) is 6.92 Å². The fourth-order valence-electron chi connectivity index (χ4n) is 2.58. The molecule has 1 aromatic heterocycles. The first-order valence-corrected chi connectivity index (χ1v) is 8.33. The van der Waals surface area contributed by atoms with Crippen LogP contribution in [0.5, 0.6) is 0 Å². The van der Waals surface area contributed by atoms with Crippen molar-refractivity contribution in [2.75, 3.05) is 13.1 Å². The number of nitrogens with zero attached hydrogens (tertiary/aromatic N) is 2. The highest BCUT2D eigenvalue weighted by molar-refractivity contribution is 5.98. The Morgan fingerprint density at radius 3 is 2.81 bits per heavy atom. The predicted molar refractivity (Wildman–Crippen MR) is 90.9 cm³/mol. The minimum Gasteiger partial charge on any atom is -0.453 e. The molecule has 3 rings (SSSR count). The van der Waals surface area contributed by atoms with E-state index in [1.807, 2.05) is 30.3 Å². The zero-order valence-corrected chi connectivity index (χ0v) is 14.3. The summed E-state index contributed by atoms with van der Waals surface area (Å²) in [7, 11) is 0. The number of aromatic nitrogens is 1. The summed E-state index contributed by atoms with van der Waals surface area (Å²) in [4.78, 5) is 40.7. The molecule has 1 aliphatic rings. The van der Waals surface area contributed by atoms with E-state index in [4.69, 9.17) is 9.15 Å². The number of aryl methyl sites for hydroxylation is 1. The number of urea groups is 1. The van der Waals surface area contributed by atoms with E-state index < -0.39 is 24.0 Å². The molecule has 1 unspecified atom stereocenters. The van der Waals surface area contributed by atoms with Gasteiger partial charge < -0.3 is 14.5 Å². The van der Waals surface area contributed by atoms with Crippen LogP contribution in [-0.4, -0.2) is 47.0 Å². The second kappa shape index (κ2) is 7.81. The minimum absolute atomic E-state index is 0.0263. The number of carbonyl (C=O) groups is 3. The van der Waals surface area contributed by atoms with Gasteiger partial charge in [-0.3, -0.25) is 14.5 Å². The predicted octanol–water partition coefficient (Wildman–Crippen LogP) is 1.76. The average molecular weight is 357 g/mol. The lowest BCUT2D eigenvalue weighted by Crippen LogP contribution is -2.41. The fraction of sp³-hybridized carbons (Fsp3) is 0.333. The molecule has 0 spiro atoms. The molecule has 1 atom stereocenters. The summed E-state index contributed by atoms with van der Waals surface area (Å²) in [5, 5.41) is 2.53. The highest BCUT2D eigenvalue weighted by atomic mass is 16.5. The Labute approximate surface area is 150 Å². The third kappa shape index (κ3) is 4.08. The summed E-state index contributed by atoms with van der Waals surface area (Å²) in [6.07, 6.45) is 0.875. The molecule has 1 fully saturated rings. The molecule has 26 heavy (non-hydrogen) atoms. The Balaban J connectivity index is 1.49. The Bertz CT molecular complexity index is 802. The molecular weight excluding hydrogens is 338 g/mol. The van der Waals surface area contributed by atoms with Crippen molar-refractivity contribution < 1.29 is 23.5 Å². The van der Waals surface area contributed by atoms with Crippen molar-refractivity contribution in [3.63, 3.8) is 0 Å². The van der Waals surface area contributed by atoms with Gasteiger partial charge in [0.05, 0.1) is 12.6 Å². The van der Waals surface area contributed by atoms with Gasteiger partial charge in [0.25, 0.3) is 5.91 Å². The average Bonchev–Trinajstić information content (AvgIpc) is 3.29. The van der Waals surface area contributed by atoms with Gasteiger partial charge in [0.15, 0.2) is 17.8 Å². The summed E-state index contributed by atoms with van der Waals surface area (Å²) in [6.45, 7) is 2.13. The molecular formula is C18H19N3O5. The summed E-state index contributed by atoms with van der Waals surface area (Å²) in [5.41, 5.74) is 0.900. The van der Waals surface area contributed by atoms with Gasteiger partial charge in [0.2, 0.25) is 0 Å². The van der Waals surface area contributed by atoms with Crippen LogP contribution < -0.4 is 5.32 Å². The van der Waals surface area contributed by atoms with Crippen LogP contribution in [0.15, 0.2) is 40.9 Å². The molecule has 136 valence electrons. The van der Waals surface area contributed by atoms with E-state index >= 15 is 0 Å². The molecule has 8 nitrogen and oxygen atoms in total. The smallest absolute Gasteiger partial charge is 0.324 e.